The summed E-state index contributed by atoms with van der Waals surface area (Å²) in [6.07, 6.45) is -5.38. The zero-order valence-electron chi connectivity index (χ0n) is 9.29. The maximum atomic E-state index is 12.0. The third-order valence-electron chi connectivity index (χ3n) is 2.41. The van der Waals surface area contributed by atoms with Crippen LogP contribution < -0.4 is 5.73 Å². The topological polar surface area (TPSA) is 46.2 Å². The molecule has 2 nitrogen and oxygen atoms in total. The van der Waals surface area contributed by atoms with Gasteiger partial charge in [-0.15, -0.1) is 12.4 Å². The molecule has 0 aliphatic rings. The van der Waals surface area contributed by atoms with Crippen LogP contribution in [0.5, 0.6) is 5.75 Å². The number of aryl methyl sites for hydroxylation is 1. The highest BCUT2D eigenvalue weighted by Gasteiger charge is 2.28. The van der Waals surface area contributed by atoms with Gasteiger partial charge in [0.15, 0.2) is 0 Å². The zero-order chi connectivity index (χ0) is 12.3. The van der Waals surface area contributed by atoms with Crippen molar-refractivity contribution in [1.82, 2.24) is 0 Å². The van der Waals surface area contributed by atoms with Gasteiger partial charge in [0.05, 0.1) is 0 Å². The SMILES string of the molecule is Cc1cccc([C@@H](N)CCC(F)(F)F)c1O.Cl. The van der Waals surface area contributed by atoms with Crippen LogP contribution in [0.15, 0.2) is 18.2 Å². The van der Waals surface area contributed by atoms with Gasteiger partial charge in [-0.25, -0.2) is 0 Å². The fourth-order valence-electron chi connectivity index (χ4n) is 1.46. The summed E-state index contributed by atoms with van der Waals surface area (Å²) in [4.78, 5) is 0. The standard InChI is InChI=1S/C11H14F3NO.ClH/c1-7-3-2-4-8(10(7)16)9(15)5-6-11(12,13)14;/h2-4,9,16H,5-6,15H2,1H3;1H/t9-;/m0./s1. The Morgan fingerprint density at radius 3 is 2.47 bits per heavy atom. The van der Waals surface area contributed by atoms with Crippen LogP contribution in [0.1, 0.15) is 30.0 Å². The largest absolute Gasteiger partial charge is 0.507 e. The molecule has 98 valence electrons. The van der Waals surface area contributed by atoms with E-state index in [-0.39, 0.29) is 24.6 Å². The molecule has 0 amide bonds. The maximum Gasteiger partial charge on any atom is 0.389 e. The predicted octanol–water partition coefficient (Wildman–Crippen LogP) is 3.46. The monoisotopic (exact) mass is 269 g/mol. The third kappa shape index (κ3) is 4.83. The molecule has 0 saturated heterocycles. The van der Waals surface area contributed by atoms with Gasteiger partial charge in [-0.2, -0.15) is 13.2 Å². The number of halogens is 4. The molecule has 0 heterocycles. The van der Waals surface area contributed by atoms with Crippen molar-refractivity contribution < 1.29 is 18.3 Å². The fourth-order valence-corrected chi connectivity index (χ4v) is 1.46. The Balaban J connectivity index is 0.00000256. The number of nitrogens with two attached hydrogens (primary N) is 1. The second-order valence-electron chi connectivity index (χ2n) is 3.77. The molecular weight excluding hydrogens is 255 g/mol. The van der Waals surface area contributed by atoms with E-state index in [2.05, 4.69) is 0 Å². The summed E-state index contributed by atoms with van der Waals surface area (Å²) < 4.78 is 36.0. The predicted molar refractivity (Wildman–Crippen MR) is 62.3 cm³/mol. The van der Waals surface area contributed by atoms with Gasteiger partial charge in [0.2, 0.25) is 0 Å². The van der Waals surface area contributed by atoms with E-state index in [4.69, 9.17) is 5.73 Å². The van der Waals surface area contributed by atoms with Crippen LogP contribution in [0.3, 0.4) is 0 Å². The van der Waals surface area contributed by atoms with E-state index >= 15 is 0 Å². The summed E-state index contributed by atoms with van der Waals surface area (Å²) >= 11 is 0. The molecule has 3 N–H and O–H groups in total. The van der Waals surface area contributed by atoms with Crippen LogP contribution in [-0.4, -0.2) is 11.3 Å². The zero-order valence-corrected chi connectivity index (χ0v) is 10.1. The van der Waals surface area contributed by atoms with Gasteiger partial charge in [-0.1, -0.05) is 18.2 Å². The van der Waals surface area contributed by atoms with E-state index in [1.54, 1.807) is 25.1 Å². The fraction of sp³-hybridized carbons (Fsp3) is 0.455. The summed E-state index contributed by atoms with van der Waals surface area (Å²) in [6.45, 7) is 1.68. The molecule has 0 spiro atoms. The average Bonchev–Trinajstić information content (AvgIpc) is 2.17. The second kappa shape index (κ2) is 6.12. The molecule has 0 radical (unpaired) electrons. The van der Waals surface area contributed by atoms with Gasteiger partial charge in [-0.3, -0.25) is 0 Å². The maximum absolute atomic E-state index is 12.0. The van der Waals surface area contributed by atoms with Gasteiger partial charge < -0.3 is 10.8 Å². The average molecular weight is 270 g/mol. The van der Waals surface area contributed by atoms with Gasteiger partial charge in [0.1, 0.15) is 5.75 Å². The van der Waals surface area contributed by atoms with Gasteiger partial charge >= 0.3 is 6.18 Å². The molecule has 0 aliphatic carbocycles. The van der Waals surface area contributed by atoms with Gasteiger partial charge in [-0.05, 0) is 18.9 Å². The van der Waals surface area contributed by atoms with E-state index in [9.17, 15) is 18.3 Å². The molecule has 1 atom stereocenters. The van der Waals surface area contributed by atoms with Crippen LogP contribution in [-0.2, 0) is 0 Å². The lowest BCUT2D eigenvalue weighted by Gasteiger charge is -2.15. The van der Waals surface area contributed by atoms with Crippen molar-refractivity contribution in [2.24, 2.45) is 5.73 Å². The van der Waals surface area contributed by atoms with E-state index in [0.717, 1.165) is 0 Å². The third-order valence-corrected chi connectivity index (χ3v) is 2.41. The molecule has 0 unspecified atom stereocenters. The highest BCUT2D eigenvalue weighted by atomic mass is 35.5. The molecule has 6 heteroatoms. The number of benzene rings is 1. The number of rotatable bonds is 3. The molecule has 1 aromatic rings. The van der Waals surface area contributed by atoms with E-state index in [1.165, 1.54) is 0 Å². The van der Waals surface area contributed by atoms with Gasteiger partial charge in [0, 0.05) is 18.0 Å². The number of aromatic hydroxyl groups is 1. The first-order chi connectivity index (χ1) is 7.31. The number of hydrogen-bond donors (Lipinski definition) is 2. The van der Waals surface area contributed by atoms with Crippen molar-refractivity contribution in [1.29, 1.82) is 0 Å². The van der Waals surface area contributed by atoms with Crippen LogP contribution >= 0.6 is 12.4 Å². The van der Waals surface area contributed by atoms with Crippen LogP contribution in [0, 0.1) is 6.92 Å². The molecule has 0 saturated carbocycles. The number of phenols is 1. The summed E-state index contributed by atoms with van der Waals surface area (Å²) in [5.41, 5.74) is 6.59. The smallest absolute Gasteiger partial charge is 0.389 e. The second-order valence-corrected chi connectivity index (χ2v) is 3.77. The molecule has 1 aromatic carbocycles. The quantitative estimate of drug-likeness (QED) is 0.883. The summed E-state index contributed by atoms with van der Waals surface area (Å²) in [5, 5.41) is 9.64. The lowest BCUT2D eigenvalue weighted by atomic mass is 9.99. The van der Waals surface area contributed by atoms with E-state index in [1.807, 2.05) is 0 Å². The molecule has 0 aromatic heterocycles. The molecule has 0 bridgehead atoms. The van der Waals surface area contributed by atoms with Crippen LogP contribution in [0.2, 0.25) is 0 Å². The minimum absolute atomic E-state index is 0. The van der Waals surface area contributed by atoms with Crippen molar-refractivity contribution in [3.8, 4) is 5.75 Å². The lowest BCUT2D eigenvalue weighted by Crippen LogP contribution is -2.16. The number of phenolic OH excluding ortho intramolecular Hbond substituents is 1. The number of alkyl halides is 3. The first-order valence-corrected chi connectivity index (χ1v) is 4.92. The molecule has 1 rings (SSSR count). The minimum Gasteiger partial charge on any atom is -0.507 e. The number of hydrogen-bond acceptors (Lipinski definition) is 2. The summed E-state index contributed by atoms with van der Waals surface area (Å²) in [5.74, 6) is -0.0165. The lowest BCUT2D eigenvalue weighted by molar-refractivity contribution is -0.136. The van der Waals surface area contributed by atoms with Crippen LogP contribution in [0.4, 0.5) is 13.2 Å². The van der Waals surface area contributed by atoms with Crippen LogP contribution in [0.25, 0.3) is 0 Å². The van der Waals surface area contributed by atoms with Crippen molar-refractivity contribution in [2.45, 2.75) is 32.0 Å². The molecule has 0 aliphatic heterocycles. The minimum atomic E-state index is -4.21. The molecule has 17 heavy (non-hydrogen) atoms. The first kappa shape index (κ1) is 16.1. The van der Waals surface area contributed by atoms with Crippen molar-refractivity contribution in [3.63, 3.8) is 0 Å². The van der Waals surface area contributed by atoms with E-state index < -0.39 is 18.6 Å². The summed E-state index contributed by atoms with van der Waals surface area (Å²) in [6, 6.07) is 4.10. The molecular formula is C11H15ClF3NO. The number of para-hydroxylation sites is 1. The highest BCUT2D eigenvalue weighted by Crippen LogP contribution is 2.31. The molecule has 0 fully saturated rings. The summed E-state index contributed by atoms with van der Waals surface area (Å²) in [7, 11) is 0. The Bertz CT molecular complexity index is 368. The Hall–Kier alpha value is -0.940. The first-order valence-electron chi connectivity index (χ1n) is 4.92. The van der Waals surface area contributed by atoms with Crippen molar-refractivity contribution in [2.75, 3.05) is 0 Å². The Labute approximate surface area is 104 Å². The van der Waals surface area contributed by atoms with Crippen molar-refractivity contribution in [3.05, 3.63) is 29.3 Å². The Morgan fingerprint density at radius 2 is 1.94 bits per heavy atom. The van der Waals surface area contributed by atoms with E-state index in [0.29, 0.717) is 11.1 Å². The Kier molecular flexibility index (Phi) is 5.78. The Morgan fingerprint density at radius 1 is 1.35 bits per heavy atom. The van der Waals surface area contributed by atoms with Gasteiger partial charge in [0.25, 0.3) is 0 Å². The normalized spacial score (nSPS) is 13.0. The van der Waals surface area contributed by atoms with Crippen molar-refractivity contribution >= 4 is 12.4 Å². The highest BCUT2D eigenvalue weighted by molar-refractivity contribution is 5.85.